The third-order valence-corrected chi connectivity index (χ3v) is 3.83. The molecule has 0 saturated carbocycles. The molecule has 1 saturated heterocycles. The lowest BCUT2D eigenvalue weighted by Crippen LogP contribution is -2.41. The molecule has 5 heteroatoms. The molecule has 100 valence electrons. The average Bonchev–Trinajstić information content (AvgIpc) is 2.96. The van der Waals surface area contributed by atoms with Gasteiger partial charge in [0.2, 0.25) is 5.91 Å². The number of carboxylic acids is 1. The number of hydrogen-bond acceptors (Lipinski definition) is 3. The number of rotatable bonds is 3. The SMILES string of the molecule is O=C(O)C1CCC(=O)N1CC1COc2ccccc21. The van der Waals surface area contributed by atoms with E-state index in [-0.39, 0.29) is 11.8 Å². The molecule has 1 aromatic carbocycles. The van der Waals surface area contributed by atoms with E-state index in [4.69, 9.17) is 9.84 Å². The molecule has 2 aliphatic rings. The molecule has 19 heavy (non-hydrogen) atoms. The second kappa shape index (κ2) is 4.57. The van der Waals surface area contributed by atoms with E-state index in [9.17, 15) is 9.59 Å². The third-order valence-electron chi connectivity index (χ3n) is 3.83. The molecular weight excluding hydrogens is 246 g/mol. The Morgan fingerprint density at radius 2 is 2.21 bits per heavy atom. The van der Waals surface area contributed by atoms with Crippen molar-refractivity contribution >= 4 is 11.9 Å². The van der Waals surface area contributed by atoms with E-state index in [1.807, 2.05) is 24.3 Å². The summed E-state index contributed by atoms with van der Waals surface area (Å²) >= 11 is 0. The van der Waals surface area contributed by atoms with Crippen LogP contribution in [0.5, 0.6) is 5.75 Å². The minimum Gasteiger partial charge on any atom is -0.493 e. The van der Waals surface area contributed by atoms with Crippen LogP contribution in [-0.2, 0) is 9.59 Å². The number of benzene rings is 1. The summed E-state index contributed by atoms with van der Waals surface area (Å²) in [5, 5.41) is 9.15. The number of amides is 1. The first-order valence-corrected chi connectivity index (χ1v) is 6.41. The Morgan fingerprint density at radius 3 is 3.00 bits per heavy atom. The first kappa shape index (κ1) is 12.0. The van der Waals surface area contributed by atoms with Crippen molar-refractivity contribution in [1.82, 2.24) is 4.90 Å². The summed E-state index contributed by atoms with van der Waals surface area (Å²) in [6, 6.07) is 7.03. The van der Waals surface area contributed by atoms with Crippen LogP contribution in [0.2, 0.25) is 0 Å². The maximum absolute atomic E-state index is 11.8. The van der Waals surface area contributed by atoms with E-state index in [0.29, 0.717) is 26.0 Å². The Balaban J connectivity index is 1.79. The quantitative estimate of drug-likeness (QED) is 0.889. The van der Waals surface area contributed by atoms with Crippen LogP contribution in [0.4, 0.5) is 0 Å². The fourth-order valence-electron chi connectivity index (χ4n) is 2.84. The van der Waals surface area contributed by atoms with Gasteiger partial charge in [-0.3, -0.25) is 4.79 Å². The van der Waals surface area contributed by atoms with Crippen molar-refractivity contribution in [2.24, 2.45) is 0 Å². The number of para-hydroxylation sites is 1. The van der Waals surface area contributed by atoms with Crippen molar-refractivity contribution in [2.75, 3.05) is 13.2 Å². The molecule has 1 N–H and O–H groups in total. The van der Waals surface area contributed by atoms with Crippen LogP contribution in [0.15, 0.2) is 24.3 Å². The van der Waals surface area contributed by atoms with Gasteiger partial charge in [-0.1, -0.05) is 18.2 Å². The first-order valence-electron chi connectivity index (χ1n) is 6.41. The number of likely N-dealkylation sites (tertiary alicyclic amines) is 1. The highest BCUT2D eigenvalue weighted by atomic mass is 16.5. The summed E-state index contributed by atoms with van der Waals surface area (Å²) in [6.07, 6.45) is 0.732. The van der Waals surface area contributed by atoms with Crippen molar-refractivity contribution < 1.29 is 19.4 Å². The van der Waals surface area contributed by atoms with E-state index < -0.39 is 12.0 Å². The maximum atomic E-state index is 11.8. The normalized spacial score (nSPS) is 25.3. The van der Waals surface area contributed by atoms with Crippen LogP contribution in [0.25, 0.3) is 0 Å². The highest BCUT2D eigenvalue weighted by Gasteiger charge is 2.38. The zero-order chi connectivity index (χ0) is 13.4. The van der Waals surface area contributed by atoms with Gasteiger partial charge in [0, 0.05) is 24.4 Å². The summed E-state index contributed by atoms with van der Waals surface area (Å²) < 4.78 is 5.57. The van der Waals surface area contributed by atoms with Crippen molar-refractivity contribution in [3.63, 3.8) is 0 Å². The van der Waals surface area contributed by atoms with Gasteiger partial charge in [0.1, 0.15) is 11.8 Å². The molecule has 0 bridgehead atoms. The zero-order valence-corrected chi connectivity index (χ0v) is 10.4. The molecular formula is C14H15NO4. The Labute approximate surface area is 110 Å². The van der Waals surface area contributed by atoms with E-state index in [1.165, 1.54) is 4.90 Å². The predicted molar refractivity (Wildman–Crippen MR) is 67.0 cm³/mol. The second-order valence-electron chi connectivity index (χ2n) is 4.98. The van der Waals surface area contributed by atoms with E-state index in [0.717, 1.165) is 11.3 Å². The van der Waals surface area contributed by atoms with Crippen LogP contribution in [0.3, 0.4) is 0 Å². The van der Waals surface area contributed by atoms with E-state index in [2.05, 4.69) is 0 Å². The molecule has 5 nitrogen and oxygen atoms in total. The number of hydrogen-bond donors (Lipinski definition) is 1. The summed E-state index contributed by atoms with van der Waals surface area (Å²) in [7, 11) is 0. The van der Waals surface area contributed by atoms with Crippen molar-refractivity contribution in [1.29, 1.82) is 0 Å². The van der Waals surface area contributed by atoms with E-state index >= 15 is 0 Å². The van der Waals surface area contributed by atoms with Crippen LogP contribution < -0.4 is 4.74 Å². The number of ether oxygens (including phenoxy) is 1. The van der Waals surface area contributed by atoms with Crippen molar-refractivity contribution in [2.45, 2.75) is 24.8 Å². The van der Waals surface area contributed by atoms with Crippen molar-refractivity contribution in [3.05, 3.63) is 29.8 Å². The van der Waals surface area contributed by atoms with Crippen molar-refractivity contribution in [3.8, 4) is 5.75 Å². The minimum atomic E-state index is -0.918. The molecule has 1 fully saturated rings. The van der Waals surface area contributed by atoms with Gasteiger partial charge in [0.05, 0.1) is 6.61 Å². The molecule has 0 aromatic heterocycles. The fourth-order valence-corrected chi connectivity index (χ4v) is 2.84. The number of carbonyl (C=O) groups excluding carboxylic acids is 1. The summed E-state index contributed by atoms with van der Waals surface area (Å²) in [5.74, 6) is -0.0825. The Bertz CT molecular complexity index is 528. The van der Waals surface area contributed by atoms with Crippen LogP contribution in [-0.4, -0.2) is 41.1 Å². The van der Waals surface area contributed by atoms with Gasteiger partial charge in [-0.2, -0.15) is 0 Å². The molecule has 2 unspecified atom stereocenters. The number of aliphatic carboxylic acids is 1. The van der Waals surface area contributed by atoms with Crippen LogP contribution >= 0.6 is 0 Å². The minimum absolute atomic E-state index is 0.0695. The monoisotopic (exact) mass is 261 g/mol. The van der Waals surface area contributed by atoms with Gasteiger partial charge in [-0.05, 0) is 12.5 Å². The van der Waals surface area contributed by atoms with Crippen LogP contribution in [0.1, 0.15) is 24.3 Å². The number of carbonyl (C=O) groups is 2. The Hall–Kier alpha value is -2.04. The number of nitrogens with zero attached hydrogens (tertiary/aromatic N) is 1. The topological polar surface area (TPSA) is 66.8 Å². The Kier molecular flexibility index (Phi) is 2.89. The molecule has 2 aliphatic heterocycles. The lowest BCUT2D eigenvalue weighted by Gasteiger charge is -2.24. The molecule has 1 amide bonds. The zero-order valence-electron chi connectivity index (χ0n) is 10.4. The average molecular weight is 261 g/mol. The third kappa shape index (κ3) is 2.05. The number of carboxylic acid groups (broad SMARTS) is 1. The Morgan fingerprint density at radius 1 is 1.42 bits per heavy atom. The number of fused-ring (bicyclic) bond motifs is 1. The maximum Gasteiger partial charge on any atom is 0.326 e. The molecule has 0 spiro atoms. The molecule has 2 heterocycles. The second-order valence-corrected chi connectivity index (χ2v) is 4.98. The van der Waals surface area contributed by atoms with Gasteiger partial charge in [-0.15, -0.1) is 0 Å². The summed E-state index contributed by atoms with van der Waals surface area (Å²) in [6.45, 7) is 0.933. The smallest absolute Gasteiger partial charge is 0.326 e. The molecule has 2 atom stereocenters. The highest BCUT2D eigenvalue weighted by molar-refractivity contribution is 5.87. The lowest BCUT2D eigenvalue weighted by atomic mass is 10.0. The largest absolute Gasteiger partial charge is 0.493 e. The standard InChI is InChI=1S/C14H15NO4/c16-13-6-5-11(14(17)18)15(13)7-9-8-19-12-4-2-1-3-10(9)12/h1-4,9,11H,5-8H2,(H,17,18). The molecule has 1 aromatic rings. The van der Waals surface area contributed by atoms with Crippen LogP contribution in [0, 0.1) is 0 Å². The first-order chi connectivity index (χ1) is 9.16. The van der Waals surface area contributed by atoms with Gasteiger partial charge in [0.15, 0.2) is 0 Å². The van der Waals surface area contributed by atoms with E-state index in [1.54, 1.807) is 0 Å². The summed E-state index contributed by atoms with van der Waals surface area (Å²) in [4.78, 5) is 24.4. The summed E-state index contributed by atoms with van der Waals surface area (Å²) in [5.41, 5.74) is 1.06. The predicted octanol–water partition coefficient (Wildman–Crippen LogP) is 1.24. The van der Waals surface area contributed by atoms with Gasteiger partial charge in [-0.25, -0.2) is 4.79 Å². The molecule has 3 rings (SSSR count). The van der Waals surface area contributed by atoms with Gasteiger partial charge in [0.25, 0.3) is 0 Å². The van der Waals surface area contributed by atoms with Gasteiger partial charge < -0.3 is 14.7 Å². The molecule has 0 radical (unpaired) electrons. The highest BCUT2D eigenvalue weighted by Crippen LogP contribution is 2.35. The fraction of sp³-hybridized carbons (Fsp3) is 0.429. The van der Waals surface area contributed by atoms with Gasteiger partial charge >= 0.3 is 5.97 Å². The molecule has 0 aliphatic carbocycles. The lowest BCUT2D eigenvalue weighted by molar-refractivity contribution is -0.146.